The van der Waals surface area contributed by atoms with Gasteiger partial charge in [0.2, 0.25) is 0 Å². The van der Waals surface area contributed by atoms with E-state index in [2.05, 4.69) is 11.5 Å². The molecule has 0 amide bonds. The van der Waals surface area contributed by atoms with Crippen LogP contribution in [0.25, 0.3) is 0 Å². The third-order valence-electron chi connectivity index (χ3n) is 2.91. The van der Waals surface area contributed by atoms with Crippen LogP contribution in [-0.4, -0.2) is 37.1 Å². The fourth-order valence-corrected chi connectivity index (χ4v) is 2.00. The Morgan fingerprint density at radius 1 is 1.53 bits per heavy atom. The van der Waals surface area contributed by atoms with Crippen molar-refractivity contribution in [3.05, 3.63) is 12.2 Å². The van der Waals surface area contributed by atoms with Crippen molar-refractivity contribution >= 4 is 5.97 Å². The number of esters is 1. The van der Waals surface area contributed by atoms with E-state index in [4.69, 9.17) is 4.74 Å². The molecular formula is C12H21NO2. The molecule has 1 unspecified atom stereocenters. The molecule has 1 atom stereocenters. The molecule has 0 bridgehead atoms. The topological polar surface area (TPSA) is 29.5 Å². The van der Waals surface area contributed by atoms with Crippen molar-refractivity contribution in [1.29, 1.82) is 0 Å². The van der Waals surface area contributed by atoms with Crippen LogP contribution in [0.15, 0.2) is 12.2 Å². The molecule has 0 radical (unpaired) electrons. The van der Waals surface area contributed by atoms with E-state index in [1.807, 2.05) is 6.92 Å². The molecule has 0 aromatic heterocycles. The Labute approximate surface area is 92.1 Å². The minimum absolute atomic E-state index is 0.0249. The summed E-state index contributed by atoms with van der Waals surface area (Å²) < 4.78 is 4.82. The number of nitrogens with zero attached hydrogens (tertiary/aromatic N) is 1. The zero-order chi connectivity index (χ0) is 11.3. The highest BCUT2D eigenvalue weighted by atomic mass is 16.5. The van der Waals surface area contributed by atoms with Crippen molar-refractivity contribution < 1.29 is 9.53 Å². The van der Waals surface area contributed by atoms with Crippen LogP contribution in [0.3, 0.4) is 0 Å². The minimum atomic E-state index is -0.0867. The lowest BCUT2D eigenvalue weighted by atomic mass is 10.0. The second-order valence-electron chi connectivity index (χ2n) is 4.28. The summed E-state index contributed by atoms with van der Waals surface area (Å²) in [7, 11) is 1.47. The average Bonchev–Trinajstić information content (AvgIpc) is 2.25. The molecule has 3 nitrogen and oxygen atoms in total. The van der Waals surface area contributed by atoms with Crippen LogP contribution >= 0.6 is 0 Å². The van der Waals surface area contributed by atoms with E-state index in [-0.39, 0.29) is 12.0 Å². The van der Waals surface area contributed by atoms with Gasteiger partial charge in [-0.25, -0.2) is 0 Å². The van der Waals surface area contributed by atoms with E-state index in [1.54, 1.807) is 0 Å². The first-order chi connectivity index (χ1) is 7.15. The number of rotatable bonds is 4. The van der Waals surface area contributed by atoms with Gasteiger partial charge in [-0.05, 0) is 32.7 Å². The van der Waals surface area contributed by atoms with E-state index in [0.717, 1.165) is 32.4 Å². The predicted molar refractivity (Wildman–Crippen MR) is 60.7 cm³/mol. The summed E-state index contributed by atoms with van der Waals surface area (Å²) in [6.45, 7) is 7.84. The van der Waals surface area contributed by atoms with Gasteiger partial charge in [0.05, 0.1) is 7.11 Å². The fourth-order valence-electron chi connectivity index (χ4n) is 2.00. The first-order valence-electron chi connectivity index (χ1n) is 5.61. The minimum Gasteiger partial charge on any atom is -0.468 e. The van der Waals surface area contributed by atoms with Crippen molar-refractivity contribution in [3.63, 3.8) is 0 Å². The van der Waals surface area contributed by atoms with E-state index >= 15 is 0 Å². The highest BCUT2D eigenvalue weighted by Crippen LogP contribution is 2.18. The number of ether oxygens (including phenoxy) is 1. The summed E-state index contributed by atoms with van der Waals surface area (Å²) >= 11 is 0. The lowest BCUT2D eigenvalue weighted by Gasteiger charge is -2.33. The summed E-state index contributed by atoms with van der Waals surface area (Å²) in [6, 6.07) is -0.0249. The number of carbonyl (C=O) groups is 1. The highest BCUT2D eigenvalue weighted by molar-refractivity contribution is 5.75. The van der Waals surface area contributed by atoms with Crippen molar-refractivity contribution in [2.45, 2.75) is 38.6 Å². The number of carbonyl (C=O) groups excluding carboxylic acids is 1. The summed E-state index contributed by atoms with van der Waals surface area (Å²) in [5, 5.41) is 0. The summed E-state index contributed by atoms with van der Waals surface area (Å²) in [5.74, 6) is -0.0867. The molecule has 1 fully saturated rings. The quantitative estimate of drug-likeness (QED) is 0.526. The third-order valence-corrected chi connectivity index (χ3v) is 2.91. The monoisotopic (exact) mass is 211 g/mol. The number of hydrogen-bond acceptors (Lipinski definition) is 3. The first-order valence-corrected chi connectivity index (χ1v) is 5.61. The molecular weight excluding hydrogens is 190 g/mol. The van der Waals surface area contributed by atoms with Crippen LogP contribution in [0.2, 0.25) is 0 Å². The van der Waals surface area contributed by atoms with Crippen LogP contribution in [-0.2, 0) is 9.53 Å². The van der Waals surface area contributed by atoms with E-state index in [9.17, 15) is 4.79 Å². The zero-order valence-corrected chi connectivity index (χ0v) is 9.79. The van der Waals surface area contributed by atoms with Gasteiger partial charge in [0.1, 0.15) is 6.04 Å². The Bertz CT molecular complexity index is 238. The Morgan fingerprint density at radius 3 is 2.87 bits per heavy atom. The van der Waals surface area contributed by atoms with Gasteiger partial charge >= 0.3 is 5.97 Å². The van der Waals surface area contributed by atoms with Crippen molar-refractivity contribution in [1.82, 2.24) is 4.90 Å². The third kappa shape index (κ3) is 3.67. The van der Waals surface area contributed by atoms with E-state index in [0.29, 0.717) is 0 Å². The molecule has 0 saturated carbocycles. The molecule has 1 rings (SSSR count). The number of likely N-dealkylation sites (tertiary alicyclic amines) is 1. The van der Waals surface area contributed by atoms with E-state index < -0.39 is 0 Å². The normalized spacial score (nSPS) is 22.4. The van der Waals surface area contributed by atoms with Crippen LogP contribution in [0.1, 0.15) is 32.6 Å². The molecule has 86 valence electrons. The molecule has 1 aliphatic rings. The lowest BCUT2D eigenvalue weighted by molar-refractivity contribution is -0.148. The fraction of sp³-hybridized carbons (Fsp3) is 0.750. The van der Waals surface area contributed by atoms with Crippen molar-refractivity contribution in [2.75, 3.05) is 20.2 Å². The summed E-state index contributed by atoms with van der Waals surface area (Å²) in [6.07, 6.45) is 4.21. The maximum Gasteiger partial charge on any atom is 0.323 e. The molecule has 0 aromatic carbocycles. The Hall–Kier alpha value is -0.830. The number of methoxy groups -OCH3 is 1. The van der Waals surface area contributed by atoms with Crippen LogP contribution in [0.4, 0.5) is 0 Å². The van der Waals surface area contributed by atoms with Gasteiger partial charge in [0, 0.05) is 6.54 Å². The van der Waals surface area contributed by atoms with E-state index in [1.165, 1.54) is 19.1 Å². The molecule has 0 aliphatic carbocycles. The standard InChI is InChI=1S/C12H21NO2/c1-10(2)7-9-13-8-5-4-6-11(13)12(14)15-3/h11H,1,4-9H2,2-3H3. The maximum absolute atomic E-state index is 11.5. The zero-order valence-electron chi connectivity index (χ0n) is 9.79. The predicted octanol–water partition coefficient (Wildman–Crippen LogP) is 1.98. The number of piperidine rings is 1. The molecule has 1 saturated heterocycles. The van der Waals surface area contributed by atoms with Gasteiger partial charge in [0.25, 0.3) is 0 Å². The largest absolute Gasteiger partial charge is 0.468 e. The first kappa shape index (κ1) is 12.2. The Kier molecular flexibility index (Phi) is 4.82. The van der Waals surface area contributed by atoms with Crippen molar-refractivity contribution in [2.24, 2.45) is 0 Å². The van der Waals surface area contributed by atoms with Gasteiger partial charge in [0.15, 0.2) is 0 Å². The molecule has 0 spiro atoms. The van der Waals surface area contributed by atoms with Gasteiger partial charge in [-0.1, -0.05) is 12.0 Å². The van der Waals surface area contributed by atoms with Crippen LogP contribution in [0.5, 0.6) is 0 Å². The second-order valence-corrected chi connectivity index (χ2v) is 4.28. The smallest absolute Gasteiger partial charge is 0.323 e. The maximum atomic E-state index is 11.5. The van der Waals surface area contributed by atoms with Crippen molar-refractivity contribution in [3.8, 4) is 0 Å². The Morgan fingerprint density at radius 2 is 2.27 bits per heavy atom. The molecule has 15 heavy (non-hydrogen) atoms. The summed E-state index contributed by atoms with van der Waals surface area (Å²) in [4.78, 5) is 13.8. The van der Waals surface area contributed by atoms with Crippen LogP contribution in [0, 0.1) is 0 Å². The Balaban J connectivity index is 2.49. The molecule has 1 aliphatic heterocycles. The number of hydrogen-bond donors (Lipinski definition) is 0. The van der Waals surface area contributed by atoms with Gasteiger partial charge in [-0.3, -0.25) is 9.69 Å². The second kappa shape index (κ2) is 5.91. The molecule has 0 N–H and O–H groups in total. The van der Waals surface area contributed by atoms with Gasteiger partial charge < -0.3 is 4.74 Å². The highest BCUT2D eigenvalue weighted by Gasteiger charge is 2.28. The SMILES string of the molecule is C=C(C)CCN1CCCCC1C(=O)OC. The van der Waals surface area contributed by atoms with Gasteiger partial charge in [-0.2, -0.15) is 0 Å². The summed E-state index contributed by atoms with van der Waals surface area (Å²) in [5.41, 5.74) is 1.17. The van der Waals surface area contributed by atoms with Gasteiger partial charge in [-0.15, -0.1) is 6.58 Å². The average molecular weight is 211 g/mol. The molecule has 1 heterocycles. The molecule has 3 heteroatoms. The molecule has 0 aromatic rings. The lowest BCUT2D eigenvalue weighted by Crippen LogP contribution is -2.45. The van der Waals surface area contributed by atoms with Crippen LogP contribution < -0.4 is 0 Å².